The van der Waals surface area contributed by atoms with Gasteiger partial charge in [0.25, 0.3) is 0 Å². The van der Waals surface area contributed by atoms with Crippen LogP contribution >= 0.6 is 0 Å². The highest BCUT2D eigenvalue weighted by atomic mass is 16.3. The summed E-state index contributed by atoms with van der Waals surface area (Å²) in [4.78, 5) is 0. The summed E-state index contributed by atoms with van der Waals surface area (Å²) in [6.07, 6.45) is 0. The van der Waals surface area contributed by atoms with Crippen LogP contribution in [0.15, 0.2) is 48.5 Å². The van der Waals surface area contributed by atoms with Gasteiger partial charge in [0, 0.05) is 33.0 Å². The molecule has 8 nitrogen and oxygen atoms in total. The summed E-state index contributed by atoms with van der Waals surface area (Å²) in [7, 11) is 0. The van der Waals surface area contributed by atoms with Crippen molar-refractivity contribution in [2.75, 3.05) is 0 Å². The fourth-order valence-corrected chi connectivity index (χ4v) is 4.83. The smallest absolute Gasteiger partial charge is 0.166 e. The Bertz CT molecular complexity index is 1890. The van der Waals surface area contributed by atoms with Crippen molar-refractivity contribution < 1.29 is 40.9 Å². The molecule has 0 heterocycles. The van der Waals surface area contributed by atoms with E-state index in [1.165, 1.54) is 24.3 Å². The molecule has 0 aromatic heterocycles. The third kappa shape index (κ3) is 2.36. The minimum Gasteiger partial charge on any atom is -0.507 e. The summed E-state index contributed by atoms with van der Waals surface area (Å²) in [5, 5.41) is 86.2. The normalized spacial score (nSPS) is 11.9. The number of rotatable bonds is 0. The van der Waals surface area contributed by atoms with E-state index in [0.717, 1.165) is 6.07 Å². The summed E-state index contributed by atoms with van der Waals surface area (Å²) < 4.78 is 0. The molecule has 0 aliphatic heterocycles. The Morgan fingerprint density at radius 3 is 1.62 bits per heavy atom. The molecule has 8 N–H and O–H groups in total. The van der Waals surface area contributed by atoms with E-state index in [1.807, 2.05) is 0 Å². The monoisotopic (exact) mass is 456 g/mol. The van der Waals surface area contributed by atoms with Crippen LogP contribution in [-0.2, 0) is 0 Å². The van der Waals surface area contributed by atoms with E-state index in [1.54, 1.807) is 18.2 Å². The number of fused-ring (bicyclic) bond motifs is 8. The molecule has 34 heavy (non-hydrogen) atoms. The summed E-state index contributed by atoms with van der Waals surface area (Å²) in [5.74, 6) is -3.45. The number of phenolic OH excluding ortho intramolecular Hbond substituents is 8. The maximum atomic E-state index is 11.4. The Hall–Kier alpha value is -4.98. The lowest BCUT2D eigenvalue weighted by molar-refractivity contribution is 0.402. The Labute approximate surface area is 189 Å². The van der Waals surface area contributed by atoms with Crippen molar-refractivity contribution in [1.29, 1.82) is 0 Å². The van der Waals surface area contributed by atoms with Gasteiger partial charge in [0.2, 0.25) is 0 Å². The van der Waals surface area contributed by atoms with Crippen molar-refractivity contribution in [3.63, 3.8) is 0 Å². The number of aromatic hydroxyl groups is 8. The van der Waals surface area contributed by atoms with Crippen molar-refractivity contribution in [3.8, 4) is 46.0 Å². The minimum absolute atomic E-state index is 0.0201. The fourth-order valence-electron chi connectivity index (χ4n) is 4.83. The molecule has 0 aliphatic rings. The largest absolute Gasteiger partial charge is 0.507 e. The summed E-state index contributed by atoms with van der Waals surface area (Å²) in [6, 6.07) is 11.2. The molecule has 6 aromatic rings. The molecular formula is C26H16O8. The molecule has 0 atom stereocenters. The van der Waals surface area contributed by atoms with Crippen LogP contribution in [0.2, 0.25) is 0 Å². The van der Waals surface area contributed by atoms with Crippen molar-refractivity contribution in [3.05, 3.63) is 48.5 Å². The molecule has 0 aliphatic carbocycles. The minimum atomic E-state index is -0.597. The molecule has 0 amide bonds. The molecule has 6 aromatic carbocycles. The second kappa shape index (κ2) is 6.29. The summed E-state index contributed by atoms with van der Waals surface area (Å²) in [6.45, 7) is 0. The Morgan fingerprint density at radius 1 is 0.324 bits per heavy atom. The molecular weight excluding hydrogens is 440 g/mol. The highest BCUT2D eigenvalue weighted by molar-refractivity contribution is 6.33. The van der Waals surface area contributed by atoms with Gasteiger partial charge in [-0.3, -0.25) is 0 Å². The van der Waals surface area contributed by atoms with Crippen LogP contribution in [0.25, 0.3) is 53.9 Å². The summed E-state index contributed by atoms with van der Waals surface area (Å²) >= 11 is 0. The fraction of sp³-hybridized carbons (Fsp3) is 0. The predicted octanol–water partition coefficient (Wildman–Crippen LogP) is 5.10. The molecule has 0 saturated heterocycles. The first-order chi connectivity index (χ1) is 16.2. The van der Waals surface area contributed by atoms with E-state index in [-0.39, 0.29) is 49.6 Å². The zero-order valence-corrected chi connectivity index (χ0v) is 17.2. The van der Waals surface area contributed by atoms with Gasteiger partial charge in [0.1, 0.15) is 11.5 Å². The van der Waals surface area contributed by atoms with E-state index in [4.69, 9.17) is 0 Å². The molecule has 0 bridgehead atoms. The van der Waals surface area contributed by atoms with Gasteiger partial charge in [-0.25, -0.2) is 0 Å². The van der Waals surface area contributed by atoms with E-state index in [9.17, 15) is 40.9 Å². The topological polar surface area (TPSA) is 162 Å². The van der Waals surface area contributed by atoms with Gasteiger partial charge < -0.3 is 40.9 Å². The molecule has 0 radical (unpaired) electrons. The quantitative estimate of drug-likeness (QED) is 0.0678. The zero-order valence-electron chi connectivity index (χ0n) is 17.2. The van der Waals surface area contributed by atoms with Crippen molar-refractivity contribution in [2.45, 2.75) is 0 Å². The van der Waals surface area contributed by atoms with E-state index >= 15 is 0 Å². The molecule has 0 saturated carbocycles. The van der Waals surface area contributed by atoms with E-state index in [0.29, 0.717) is 21.5 Å². The highest BCUT2D eigenvalue weighted by Crippen LogP contribution is 2.53. The first kappa shape index (κ1) is 19.7. The van der Waals surface area contributed by atoms with E-state index < -0.39 is 28.7 Å². The van der Waals surface area contributed by atoms with Gasteiger partial charge in [-0.1, -0.05) is 0 Å². The van der Waals surface area contributed by atoms with Crippen LogP contribution < -0.4 is 0 Å². The summed E-state index contributed by atoms with van der Waals surface area (Å²) in [5.41, 5.74) is 0. The molecule has 0 unspecified atom stereocenters. The van der Waals surface area contributed by atoms with Crippen LogP contribution in [0.1, 0.15) is 0 Å². The lowest BCUT2D eigenvalue weighted by Crippen LogP contribution is -1.89. The second-order valence-electron chi connectivity index (χ2n) is 8.28. The van der Waals surface area contributed by atoms with Gasteiger partial charge in [0.05, 0.1) is 0 Å². The maximum Gasteiger partial charge on any atom is 0.166 e. The standard InChI is InChI=1S/C26H16O8/c27-15-2-1-12-20(25(15)33)14-5-11-3-9-6-16(28)17(29)7-10(9)4-13(11)24(32)22(14)23-18(30)8-19(31)26(34)21(12)23/h1-8,27-34H. The zero-order chi connectivity index (χ0) is 24.0. The average molecular weight is 456 g/mol. The predicted molar refractivity (Wildman–Crippen MR) is 127 cm³/mol. The first-order valence-electron chi connectivity index (χ1n) is 10.2. The SMILES string of the molecule is Oc1cc2cc3cc4c5c(O)c(O)ccc5c5c(O)c(O)cc(O)c5c4c(O)c3cc2cc1O. The van der Waals surface area contributed by atoms with Gasteiger partial charge >= 0.3 is 0 Å². The van der Waals surface area contributed by atoms with Crippen LogP contribution in [-0.4, -0.2) is 40.9 Å². The maximum absolute atomic E-state index is 11.4. The van der Waals surface area contributed by atoms with Crippen LogP contribution in [0.3, 0.4) is 0 Å². The number of benzene rings is 6. The Kier molecular flexibility index (Phi) is 3.64. The average Bonchev–Trinajstić information content (AvgIpc) is 2.79. The molecule has 6 rings (SSSR count). The van der Waals surface area contributed by atoms with Gasteiger partial charge in [-0.05, 0) is 69.4 Å². The lowest BCUT2D eigenvalue weighted by atomic mass is 9.89. The van der Waals surface area contributed by atoms with Crippen molar-refractivity contribution >= 4 is 53.9 Å². The Morgan fingerprint density at radius 2 is 0.912 bits per heavy atom. The first-order valence-corrected chi connectivity index (χ1v) is 10.2. The number of phenols is 8. The molecule has 168 valence electrons. The van der Waals surface area contributed by atoms with Crippen LogP contribution in [0, 0.1) is 0 Å². The van der Waals surface area contributed by atoms with Gasteiger partial charge in [-0.2, -0.15) is 0 Å². The van der Waals surface area contributed by atoms with Crippen molar-refractivity contribution in [1.82, 2.24) is 0 Å². The van der Waals surface area contributed by atoms with Crippen molar-refractivity contribution in [2.24, 2.45) is 0 Å². The number of hydrogen-bond donors (Lipinski definition) is 8. The van der Waals surface area contributed by atoms with Gasteiger partial charge in [-0.15, -0.1) is 0 Å². The number of hydrogen-bond acceptors (Lipinski definition) is 8. The van der Waals surface area contributed by atoms with E-state index in [2.05, 4.69) is 0 Å². The highest BCUT2D eigenvalue weighted by Gasteiger charge is 2.24. The third-order valence-electron chi connectivity index (χ3n) is 6.37. The van der Waals surface area contributed by atoms with Crippen LogP contribution in [0.4, 0.5) is 0 Å². The van der Waals surface area contributed by atoms with Crippen LogP contribution in [0.5, 0.6) is 46.0 Å². The second-order valence-corrected chi connectivity index (χ2v) is 8.28. The Balaban J connectivity index is 1.97. The third-order valence-corrected chi connectivity index (χ3v) is 6.37. The lowest BCUT2D eigenvalue weighted by Gasteiger charge is -2.17. The molecule has 8 heteroatoms. The molecule has 0 spiro atoms. The molecule has 0 fully saturated rings. The van der Waals surface area contributed by atoms with Gasteiger partial charge in [0.15, 0.2) is 34.5 Å².